The van der Waals surface area contributed by atoms with E-state index in [1.54, 1.807) is 24.0 Å². The molecule has 31 heavy (non-hydrogen) atoms. The first-order valence-corrected chi connectivity index (χ1v) is 12.6. The van der Waals surface area contributed by atoms with Crippen LogP contribution in [0.5, 0.6) is 0 Å². The zero-order valence-electron chi connectivity index (χ0n) is 18.4. The van der Waals surface area contributed by atoms with Gasteiger partial charge in [0.1, 0.15) is 6.04 Å². The van der Waals surface area contributed by atoms with E-state index in [1.807, 2.05) is 25.1 Å². The fourth-order valence-corrected chi connectivity index (χ4v) is 6.31. The second-order valence-corrected chi connectivity index (χ2v) is 11.6. The molecule has 1 aromatic rings. The Hall–Kier alpha value is -1.86. The first-order chi connectivity index (χ1) is 14.5. The Morgan fingerprint density at radius 3 is 2.65 bits per heavy atom. The van der Waals surface area contributed by atoms with Crippen LogP contribution in [0.1, 0.15) is 57.4 Å². The summed E-state index contributed by atoms with van der Waals surface area (Å²) in [5.74, 6) is -0.702. The number of halogens is 1. The third-order valence-corrected chi connectivity index (χ3v) is 8.98. The smallest absolute Gasteiger partial charge is 0.258 e. The maximum Gasteiger partial charge on any atom is 0.258 e. The monoisotopic (exact) mass is 466 g/mol. The first kappa shape index (κ1) is 23.8. The summed E-state index contributed by atoms with van der Waals surface area (Å²) >= 11 is 6.20. The lowest BCUT2D eigenvalue weighted by Crippen LogP contribution is -2.58. The van der Waals surface area contributed by atoms with E-state index in [1.165, 1.54) is 7.05 Å². The third kappa shape index (κ3) is 4.67. The lowest BCUT2D eigenvalue weighted by atomic mass is 9.71. The number of amides is 2. The van der Waals surface area contributed by atoms with Crippen LogP contribution >= 0.6 is 11.6 Å². The maximum atomic E-state index is 13.5. The van der Waals surface area contributed by atoms with E-state index in [2.05, 4.69) is 6.58 Å². The number of likely N-dealkylation sites (N-methyl/N-ethyl adjacent to an activating group) is 1. The van der Waals surface area contributed by atoms with Gasteiger partial charge in [-0.1, -0.05) is 43.7 Å². The van der Waals surface area contributed by atoms with Gasteiger partial charge in [-0.05, 0) is 49.8 Å². The summed E-state index contributed by atoms with van der Waals surface area (Å²) in [7, 11) is -2.36. The number of benzene rings is 1. The number of carbonyl (C=O) groups excluding carboxylic acids is 2. The van der Waals surface area contributed by atoms with Crippen LogP contribution in [0.3, 0.4) is 0 Å². The van der Waals surface area contributed by atoms with Gasteiger partial charge in [0.25, 0.3) is 5.91 Å². The molecule has 3 atom stereocenters. The van der Waals surface area contributed by atoms with Crippen molar-refractivity contribution in [3.05, 3.63) is 47.5 Å². The molecule has 0 spiro atoms. The van der Waals surface area contributed by atoms with Crippen LogP contribution in [-0.2, 0) is 19.6 Å². The van der Waals surface area contributed by atoms with Crippen LogP contribution < -0.4 is 0 Å². The molecule has 1 aromatic carbocycles. The Balaban J connectivity index is 1.95. The number of hydrogen-bond donors (Lipinski definition) is 0. The Kier molecular flexibility index (Phi) is 6.87. The number of carbonyl (C=O) groups is 2. The second-order valence-electron chi connectivity index (χ2n) is 8.94. The van der Waals surface area contributed by atoms with Crippen molar-refractivity contribution in [1.82, 2.24) is 9.21 Å². The van der Waals surface area contributed by atoms with E-state index in [9.17, 15) is 18.0 Å². The molecule has 1 heterocycles. The summed E-state index contributed by atoms with van der Waals surface area (Å²) in [6.45, 7) is 7.85. The van der Waals surface area contributed by atoms with Gasteiger partial charge in [-0.2, -0.15) is 0 Å². The molecule has 0 radical (unpaired) electrons. The van der Waals surface area contributed by atoms with Gasteiger partial charge in [0.15, 0.2) is 0 Å². The highest BCUT2D eigenvalue weighted by Crippen LogP contribution is 2.43. The maximum absolute atomic E-state index is 13.5. The fraction of sp³-hybridized carbons (Fsp3) is 0.565. The van der Waals surface area contributed by atoms with Crippen molar-refractivity contribution in [2.75, 3.05) is 13.6 Å². The average molecular weight is 467 g/mol. The van der Waals surface area contributed by atoms with Gasteiger partial charge in [-0.25, -0.2) is 12.7 Å². The highest BCUT2D eigenvalue weighted by Gasteiger charge is 2.49. The molecule has 1 saturated carbocycles. The molecule has 6 nitrogen and oxygen atoms in total. The molecule has 1 unspecified atom stereocenters. The summed E-state index contributed by atoms with van der Waals surface area (Å²) in [6, 6.07) is 6.71. The highest BCUT2D eigenvalue weighted by molar-refractivity contribution is 7.90. The van der Waals surface area contributed by atoms with Crippen LogP contribution in [0.4, 0.5) is 0 Å². The predicted molar refractivity (Wildman–Crippen MR) is 122 cm³/mol. The summed E-state index contributed by atoms with van der Waals surface area (Å²) < 4.78 is 26.2. The number of nitrogens with zero attached hydrogens (tertiary/aromatic N) is 2. The molecule has 0 aromatic heterocycles. The van der Waals surface area contributed by atoms with Crippen LogP contribution in [0.2, 0.25) is 5.02 Å². The Bertz CT molecular complexity index is 976. The molecular formula is C23H31ClN2O4S. The van der Waals surface area contributed by atoms with Gasteiger partial charge in [-0.3, -0.25) is 9.59 Å². The van der Waals surface area contributed by atoms with E-state index in [4.69, 9.17) is 11.6 Å². The van der Waals surface area contributed by atoms with Crippen LogP contribution in [-0.4, -0.2) is 54.3 Å². The number of hydrogen-bond acceptors (Lipinski definition) is 4. The topological polar surface area (TPSA) is 74.8 Å². The summed E-state index contributed by atoms with van der Waals surface area (Å²) in [5, 5.41) is 0.131. The molecule has 8 heteroatoms. The molecule has 2 aliphatic rings. The van der Waals surface area contributed by atoms with E-state index in [0.717, 1.165) is 9.87 Å². The molecule has 3 rings (SSSR count). The van der Waals surface area contributed by atoms with Crippen LogP contribution in [0.15, 0.2) is 36.9 Å². The largest absolute Gasteiger partial charge is 0.330 e. The molecule has 1 aliphatic carbocycles. The molecular weight excluding hydrogens is 436 g/mol. The zero-order valence-corrected chi connectivity index (χ0v) is 20.0. The van der Waals surface area contributed by atoms with Crippen LogP contribution in [0, 0.1) is 5.41 Å². The Labute approximate surface area is 190 Å². The first-order valence-electron chi connectivity index (χ1n) is 10.7. The normalized spacial score (nSPS) is 25.2. The minimum Gasteiger partial charge on any atom is -0.330 e. The van der Waals surface area contributed by atoms with E-state index < -0.39 is 32.6 Å². The average Bonchev–Trinajstić information content (AvgIpc) is 3.57. The van der Waals surface area contributed by atoms with Crippen molar-refractivity contribution in [2.45, 2.75) is 63.2 Å². The van der Waals surface area contributed by atoms with E-state index in [-0.39, 0.29) is 11.8 Å². The van der Waals surface area contributed by atoms with Gasteiger partial charge >= 0.3 is 0 Å². The van der Waals surface area contributed by atoms with Gasteiger partial charge in [0, 0.05) is 24.5 Å². The van der Waals surface area contributed by atoms with Gasteiger partial charge in [0.05, 0.1) is 10.7 Å². The summed E-state index contributed by atoms with van der Waals surface area (Å²) in [5.41, 5.74) is 0.274. The molecule has 2 amide bonds. The van der Waals surface area contributed by atoms with Gasteiger partial charge in [0.2, 0.25) is 15.9 Å². The summed E-state index contributed by atoms with van der Waals surface area (Å²) in [4.78, 5) is 28.4. The van der Waals surface area contributed by atoms with Crippen LogP contribution in [0.25, 0.3) is 0 Å². The predicted octanol–water partition coefficient (Wildman–Crippen LogP) is 3.97. The number of allylic oxidation sites excluding steroid dienone is 1. The Morgan fingerprint density at radius 1 is 1.42 bits per heavy atom. The summed E-state index contributed by atoms with van der Waals surface area (Å²) in [6.07, 6.45) is 4.29. The SMILES string of the molecule is C=CC[C@@]1(C)C[C@H](c2cccc(Cl)c2)CN(C(CC)C(=O)N(C)S(=O)(=O)C2CC2)C1=O. The molecule has 170 valence electrons. The lowest BCUT2D eigenvalue weighted by Gasteiger charge is -2.46. The molecule has 0 bridgehead atoms. The molecule has 2 fully saturated rings. The number of likely N-dealkylation sites (tertiary alicyclic amines) is 1. The van der Waals surface area contributed by atoms with Crippen molar-refractivity contribution >= 4 is 33.4 Å². The second kappa shape index (κ2) is 8.94. The standard InChI is InChI=1S/C23H31ClN2O4S/c1-5-12-23(3)14-17(16-8-7-9-18(24)13-16)15-26(22(23)28)20(6-2)21(27)25(4)31(29,30)19-10-11-19/h5,7-9,13,17,19-20H,1,6,10-12,14-15H2,2-4H3/t17-,20?,23-/m0/s1. The molecule has 1 saturated heterocycles. The lowest BCUT2D eigenvalue weighted by molar-refractivity contribution is -0.154. The minimum atomic E-state index is -3.67. The zero-order chi connectivity index (χ0) is 23.0. The van der Waals surface area contributed by atoms with Crippen molar-refractivity contribution in [1.29, 1.82) is 0 Å². The number of rotatable bonds is 8. The van der Waals surface area contributed by atoms with E-state index >= 15 is 0 Å². The van der Waals surface area contributed by atoms with Gasteiger partial charge in [-0.15, -0.1) is 6.58 Å². The fourth-order valence-electron chi connectivity index (χ4n) is 4.56. The minimum absolute atomic E-state index is 0.0199. The molecule has 0 N–H and O–H groups in total. The number of piperidine rings is 1. The molecule has 1 aliphatic heterocycles. The van der Waals surface area contributed by atoms with Crippen molar-refractivity contribution < 1.29 is 18.0 Å². The van der Waals surface area contributed by atoms with E-state index in [0.29, 0.717) is 43.7 Å². The number of sulfonamides is 1. The van der Waals surface area contributed by atoms with Crippen molar-refractivity contribution in [3.63, 3.8) is 0 Å². The van der Waals surface area contributed by atoms with Crippen molar-refractivity contribution in [3.8, 4) is 0 Å². The highest BCUT2D eigenvalue weighted by atomic mass is 35.5. The van der Waals surface area contributed by atoms with Gasteiger partial charge < -0.3 is 4.90 Å². The Morgan fingerprint density at radius 2 is 2.10 bits per heavy atom. The quantitative estimate of drug-likeness (QED) is 0.543. The third-order valence-electron chi connectivity index (χ3n) is 6.49. The van der Waals surface area contributed by atoms with Crippen molar-refractivity contribution in [2.24, 2.45) is 5.41 Å².